The number of carbonyl (C=O) groups excluding carboxylic acids is 2. The number of halogens is 1. The molecule has 0 aromatic carbocycles. The molecule has 0 saturated heterocycles. The van der Waals surface area contributed by atoms with E-state index in [9.17, 15) is 14.1 Å². The molecule has 0 aromatic rings. The molecule has 0 unspecified atom stereocenters. The predicted octanol–water partition coefficient (Wildman–Crippen LogP) is -5.79. The summed E-state index contributed by atoms with van der Waals surface area (Å²) in [6, 6.07) is 0. The molecule has 0 aliphatic rings. The van der Waals surface area contributed by atoms with Gasteiger partial charge in [-0.3, -0.25) is 9.74 Å². The third kappa shape index (κ3) is 10.1. The van der Waals surface area contributed by atoms with Gasteiger partial charge in [0.15, 0.2) is 0 Å². The van der Waals surface area contributed by atoms with Crippen molar-refractivity contribution >= 4 is 11.9 Å². The molecule has 0 rings (SSSR count). The minimum atomic E-state index is -1.25. The smallest absolute Gasteiger partial charge is 1.00 e. The van der Waals surface area contributed by atoms with E-state index in [4.69, 9.17) is 0 Å². The Morgan fingerprint density at radius 1 is 1.36 bits per heavy atom. The van der Waals surface area contributed by atoms with Crippen LogP contribution in [0.5, 0.6) is 0 Å². The molecule has 56 valence electrons. The number of ether oxygens (including phenoxy) is 1. The molecule has 0 aromatic heterocycles. The number of carbonyl (C=O) groups is 2. The van der Waals surface area contributed by atoms with E-state index in [2.05, 4.69) is 9.68 Å². The maximum absolute atomic E-state index is 10.8. The van der Waals surface area contributed by atoms with E-state index in [0.29, 0.717) is 0 Å². The van der Waals surface area contributed by atoms with Crippen LogP contribution in [-0.2, 0) is 19.3 Å². The molecule has 0 radical (unpaired) electrons. The standard InChI is InChI=1S/C4H5FO4.2Li.2H/c1-8-3(6)2-4(7)9-5;;;;/h2H2,1H3;;;;/q;2*+1;2*-1. The Bertz CT molecular complexity index is 123. The normalized spacial score (nSPS) is 6.73. The van der Waals surface area contributed by atoms with E-state index >= 15 is 0 Å². The van der Waals surface area contributed by atoms with Crippen LogP contribution >= 0.6 is 0 Å². The summed E-state index contributed by atoms with van der Waals surface area (Å²) in [5.74, 6) is -2.07. The maximum Gasteiger partial charge on any atom is 1.00 e. The van der Waals surface area contributed by atoms with Crippen LogP contribution in [-0.4, -0.2) is 19.0 Å². The second-order valence-electron chi connectivity index (χ2n) is 1.20. The number of methoxy groups -OCH3 is 1. The van der Waals surface area contributed by atoms with E-state index in [-0.39, 0.29) is 40.6 Å². The molecular formula is C4H7FLi2O4. The van der Waals surface area contributed by atoms with Gasteiger partial charge in [-0.25, -0.2) is 4.79 Å². The van der Waals surface area contributed by atoms with Crippen molar-refractivity contribution in [1.29, 1.82) is 0 Å². The van der Waals surface area contributed by atoms with Crippen LogP contribution in [0.3, 0.4) is 0 Å². The topological polar surface area (TPSA) is 52.6 Å². The van der Waals surface area contributed by atoms with Crippen molar-refractivity contribution < 1.29 is 64.4 Å². The van der Waals surface area contributed by atoms with Crippen molar-refractivity contribution in [1.82, 2.24) is 0 Å². The molecule has 0 atom stereocenters. The van der Waals surface area contributed by atoms with Crippen LogP contribution in [0.4, 0.5) is 4.53 Å². The van der Waals surface area contributed by atoms with Gasteiger partial charge in [0.1, 0.15) is 6.42 Å². The van der Waals surface area contributed by atoms with Gasteiger partial charge in [-0.1, -0.05) is 0 Å². The number of esters is 1. The number of hydrogen-bond donors (Lipinski definition) is 0. The van der Waals surface area contributed by atoms with Gasteiger partial charge in [0.25, 0.3) is 0 Å². The second kappa shape index (κ2) is 10.1. The molecule has 0 fully saturated rings. The van der Waals surface area contributed by atoms with Gasteiger partial charge in [-0.05, 0) is 0 Å². The van der Waals surface area contributed by atoms with Crippen molar-refractivity contribution in [3.8, 4) is 0 Å². The molecule has 0 amide bonds. The van der Waals surface area contributed by atoms with Crippen LogP contribution in [0.1, 0.15) is 9.27 Å². The first-order valence-corrected chi connectivity index (χ1v) is 2.09. The quantitative estimate of drug-likeness (QED) is 0.225. The first kappa shape index (κ1) is 17.2. The third-order valence-electron chi connectivity index (χ3n) is 0.602. The summed E-state index contributed by atoms with van der Waals surface area (Å²) in [5, 5.41) is 0. The van der Waals surface area contributed by atoms with Gasteiger partial charge < -0.3 is 7.59 Å². The van der Waals surface area contributed by atoms with Crippen LogP contribution in [0.2, 0.25) is 0 Å². The van der Waals surface area contributed by atoms with Gasteiger partial charge in [0.2, 0.25) is 0 Å². The zero-order chi connectivity index (χ0) is 7.28. The van der Waals surface area contributed by atoms with E-state index in [1.165, 1.54) is 0 Å². The average Bonchev–Trinajstić information content (AvgIpc) is 1.87. The predicted molar refractivity (Wildman–Crippen MR) is 26.1 cm³/mol. The average molecular weight is 152 g/mol. The van der Waals surface area contributed by atoms with Crippen LogP contribution in [0.15, 0.2) is 0 Å². The fraction of sp³-hybridized carbons (Fsp3) is 0.500. The number of rotatable bonds is 2. The molecule has 0 bridgehead atoms. The first-order chi connectivity index (χ1) is 4.20. The third-order valence-corrected chi connectivity index (χ3v) is 0.602. The van der Waals surface area contributed by atoms with Gasteiger partial charge >= 0.3 is 49.7 Å². The van der Waals surface area contributed by atoms with Crippen LogP contribution in [0, 0.1) is 0 Å². The van der Waals surface area contributed by atoms with Crippen molar-refractivity contribution in [2.45, 2.75) is 6.42 Å². The molecule has 0 aliphatic heterocycles. The molecule has 0 heterocycles. The first-order valence-electron chi connectivity index (χ1n) is 2.09. The van der Waals surface area contributed by atoms with Crippen molar-refractivity contribution in [3.63, 3.8) is 0 Å². The van der Waals surface area contributed by atoms with E-state index in [0.717, 1.165) is 7.11 Å². The summed E-state index contributed by atoms with van der Waals surface area (Å²) >= 11 is 0. The SMILES string of the molecule is COC(=O)CC(=O)OF.[H-].[H-].[Li+].[Li+]. The van der Waals surface area contributed by atoms with Gasteiger partial charge in [-0.2, -0.15) is 0 Å². The molecule has 0 saturated carbocycles. The molecule has 0 aliphatic carbocycles. The Morgan fingerprint density at radius 3 is 2.09 bits per heavy atom. The van der Waals surface area contributed by atoms with E-state index in [1.54, 1.807) is 0 Å². The molecule has 4 nitrogen and oxygen atoms in total. The maximum atomic E-state index is 10.8. The van der Waals surface area contributed by atoms with Crippen LogP contribution in [0.25, 0.3) is 0 Å². The second-order valence-corrected chi connectivity index (χ2v) is 1.20. The Morgan fingerprint density at radius 2 is 1.82 bits per heavy atom. The zero-order valence-corrected chi connectivity index (χ0v) is 6.72. The largest absolute Gasteiger partial charge is 1.00 e. The Labute approximate surface area is 90.0 Å². The summed E-state index contributed by atoms with van der Waals surface area (Å²) in [6.07, 6.45) is -0.688. The summed E-state index contributed by atoms with van der Waals surface area (Å²) in [5.41, 5.74) is 0. The van der Waals surface area contributed by atoms with Crippen molar-refractivity contribution in [2.24, 2.45) is 0 Å². The molecule has 7 heteroatoms. The van der Waals surface area contributed by atoms with Crippen LogP contribution < -0.4 is 37.7 Å². The summed E-state index contributed by atoms with van der Waals surface area (Å²) < 4.78 is 14.8. The van der Waals surface area contributed by atoms with Gasteiger partial charge in [-0.15, -0.1) is 0 Å². The van der Waals surface area contributed by atoms with E-state index < -0.39 is 18.4 Å². The van der Waals surface area contributed by atoms with Gasteiger partial charge in [0, 0.05) is 4.53 Å². The summed E-state index contributed by atoms with van der Waals surface area (Å²) in [7, 11) is 1.09. The fourth-order valence-corrected chi connectivity index (χ4v) is 0.217. The summed E-state index contributed by atoms with van der Waals surface area (Å²) in [4.78, 5) is 22.7. The Hall–Kier alpha value is 0.0648. The van der Waals surface area contributed by atoms with E-state index in [1.807, 2.05) is 0 Å². The molecule has 0 N–H and O–H groups in total. The Balaban J connectivity index is -0.0000000533. The molecule has 11 heavy (non-hydrogen) atoms. The van der Waals surface area contributed by atoms with Crippen molar-refractivity contribution in [2.75, 3.05) is 7.11 Å². The monoisotopic (exact) mass is 152 g/mol. The fourth-order valence-electron chi connectivity index (χ4n) is 0.217. The Kier molecular flexibility index (Phi) is 15.8. The number of hydrogen-bond acceptors (Lipinski definition) is 4. The molecular weight excluding hydrogens is 145 g/mol. The minimum absolute atomic E-state index is 0. The van der Waals surface area contributed by atoms with Crippen molar-refractivity contribution in [3.05, 3.63) is 0 Å². The molecule has 0 spiro atoms. The minimum Gasteiger partial charge on any atom is -1.00 e. The van der Waals surface area contributed by atoms with Gasteiger partial charge in [0.05, 0.1) is 7.11 Å². The zero-order valence-electron chi connectivity index (χ0n) is 8.72. The summed E-state index contributed by atoms with van der Waals surface area (Å²) in [6.45, 7) is 0.